The summed E-state index contributed by atoms with van der Waals surface area (Å²) in [6, 6.07) is 1.93. The molecule has 2 N–H and O–H groups in total. The molecule has 1 unspecified atom stereocenters. The lowest BCUT2D eigenvalue weighted by Crippen LogP contribution is -2.37. The minimum Gasteiger partial charge on any atom is -0.472 e. The summed E-state index contributed by atoms with van der Waals surface area (Å²) in [6.45, 7) is 12.6. The molecular weight excluding hydrogens is 214 g/mol. The second-order valence-electron chi connectivity index (χ2n) is 5.34. The van der Waals surface area contributed by atoms with E-state index >= 15 is 0 Å². The Morgan fingerprint density at radius 3 is 2.47 bits per heavy atom. The van der Waals surface area contributed by atoms with Gasteiger partial charge in [0.25, 0.3) is 0 Å². The Hall–Kier alpha value is -1.03. The number of nitrogens with one attached hydrogen (secondary N) is 2. The highest BCUT2D eigenvalue weighted by atomic mass is 16.5. The molecule has 4 nitrogen and oxygen atoms in total. The van der Waals surface area contributed by atoms with E-state index in [0.29, 0.717) is 17.7 Å². The maximum atomic E-state index is 5.87. The molecule has 0 saturated carbocycles. The van der Waals surface area contributed by atoms with Gasteiger partial charge in [-0.1, -0.05) is 27.7 Å². The van der Waals surface area contributed by atoms with Gasteiger partial charge < -0.3 is 10.1 Å². The second-order valence-corrected chi connectivity index (χ2v) is 5.34. The summed E-state index contributed by atoms with van der Waals surface area (Å²) in [5.74, 6) is 1.81. The predicted octanol–water partition coefficient (Wildman–Crippen LogP) is 2.37. The van der Waals surface area contributed by atoms with E-state index in [0.717, 1.165) is 18.8 Å². The van der Waals surface area contributed by atoms with Crippen LogP contribution in [0.25, 0.3) is 0 Å². The monoisotopic (exact) mass is 239 g/mol. The van der Waals surface area contributed by atoms with E-state index in [1.807, 2.05) is 13.0 Å². The van der Waals surface area contributed by atoms with Crippen molar-refractivity contribution in [3.8, 4) is 5.88 Å². The number of aromatic amines is 1. The Bertz CT molecular complexity index is 320. The van der Waals surface area contributed by atoms with Crippen LogP contribution in [-0.4, -0.2) is 29.4 Å². The van der Waals surface area contributed by atoms with E-state index in [9.17, 15) is 0 Å². The first-order chi connectivity index (χ1) is 7.99. The molecule has 0 aliphatic carbocycles. The van der Waals surface area contributed by atoms with E-state index < -0.39 is 0 Å². The van der Waals surface area contributed by atoms with Crippen LogP contribution in [0.5, 0.6) is 5.88 Å². The first kappa shape index (κ1) is 14.0. The molecule has 0 aliphatic rings. The number of hydrogen-bond acceptors (Lipinski definition) is 3. The summed E-state index contributed by atoms with van der Waals surface area (Å²) in [7, 11) is 0. The van der Waals surface area contributed by atoms with Gasteiger partial charge in [0.2, 0.25) is 5.88 Å². The van der Waals surface area contributed by atoms with Crippen molar-refractivity contribution in [3.05, 3.63) is 11.8 Å². The summed E-state index contributed by atoms with van der Waals surface area (Å²) < 4.78 is 5.87. The molecule has 0 aliphatic heterocycles. The summed E-state index contributed by atoms with van der Waals surface area (Å²) in [6.07, 6.45) is 0.163. The number of rotatable bonds is 7. The highest BCUT2D eigenvalue weighted by Crippen LogP contribution is 2.13. The highest BCUT2D eigenvalue weighted by molar-refractivity contribution is 5.12. The molecule has 0 fully saturated rings. The van der Waals surface area contributed by atoms with Crippen LogP contribution in [-0.2, 0) is 0 Å². The van der Waals surface area contributed by atoms with Gasteiger partial charge in [-0.05, 0) is 25.3 Å². The van der Waals surface area contributed by atoms with Crippen LogP contribution in [0.2, 0.25) is 0 Å². The van der Waals surface area contributed by atoms with Gasteiger partial charge in [-0.2, -0.15) is 0 Å². The molecule has 0 bridgehead atoms. The maximum absolute atomic E-state index is 5.87. The van der Waals surface area contributed by atoms with Crippen LogP contribution >= 0.6 is 0 Å². The number of H-pyrrole nitrogens is 1. The average molecular weight is 239 g/mol. The van der Waals surface area contributed by atoms with Crippen molar-refractivity contribution in [3.63, 3.8) is 0 Å². The van der Waals surface area contributed by atoms with Gasteiger partial charge in [0.15, 0.2) is 0 Å². The molecule has 0 saturated heterocycles. The summed E-state index contributed by atoms with van der Waals surface area (Å²) >= 11 is 0. The van der Waals surface area contributed by atoms with Crippen LogP contribution in [0.3, 0.4) is 0 Å². The lowest BCUT2D eigenvalue weighted by atomic mass is 10.1. The molecule has 0 amide bonds. The minimum atomic E-state index is 0.163. The fourth-order valence-corrected chi connectivity index (χ4v) is 1.54. The first-order valence-electron chi connectivity index (χ1n) is 6.38. The Morgan fingerprint density at radius 1 is 1.29 bits per heavy atom. The normalized spacial score (nSPS) is 13.4. The summed E-state index contributed by atoms with van der Waals surface area (Å²) in [5, 5.41) is 10.4. The van der Waals surface area contributed by atoms with Crippen molar-refractivity contribution in [1.29, 1.82) is 0 Å². The smallest absolute Gasteiger partial charge is 0.233 e. The molecule has 1 aromatic rings. The van der Waals surface area contributed by atoms with E-state index in [4.69, 9.17) is 4.74 Å². The molecule has 1 atom stereocenters. The third kappa shape index (κ3) is 5.22. The van der Waals surface area contributed by atoms with Gasteiger partial charge in [-0.3, -0.25) is 5.10 Å². The third-order valence-electron chi connectivity index (χ3n) is 2.60. The highest BCUT2D eigenvalue weighted by Gasteiger charge is 2.16. The zero-order valence-corrected chi connectivity index (χ0v) is 11.6. The van der Waals surface area contributed by atoms with Gasteiger partial charge in [0, 0.05) is 18.3 Å². The van der Waals surface area contributed by atoms with E-state index in [1.54, 1.807) is 0 Å². The molecule has 1 heterocycles. The number of nitrogens with zero attached hydrogens (tertiary/aromatic N) is 1. The molecule has 17 heavy (non-hydrogen) atoms. The summed E-state index contributed by atoms with van der Waals surface area (Å²) in [5.41, 5.74) is 1.03. The fraction of sp³-hybridized carbons (Fsp3) is 0.769. The van der Waals surface area contributed by atoms with E-state index in [2.05, 4.69) is 43.2 Å². The number of hydrogen-bond donors (Lipinski definition) is 2. The van der Waals surface area contributed by atoms with Gasteiger partial charge in [0.1, 0.15) is 6.10 Å². The predicted molar refractivity (Wildman–Crippen MR) is 70.3 cm³/mol. The van der Waals surface area contributed by atoms with Crippen molar-refractivity contribution >= 4 is 0 Å². The van der Waals surface area contributed by atoms with Gasteiger partial charge >= 0.3 is 0 Å². The quantitative estimate of drug-likeness (QED) is 0.768. The Labute approximate surface area is 104 Å². The SMILES string of the molecule is Cc1cc(OC(CNCC(C)C)C(C)C)n[nH]1. The zero-order valence-electron chi connectivity index (χ0n) is 11.6. The van der Waals surface area contributed by atoms with Crippen LogP contribution in [0, 0.1) is 18.8 Å². The zero-order chi connectivity index (χ0) is 12.8. The molecule has 0 spiro atoms. The van der Waals surface area contributed by atoms with Crippen molar-refractivity contribution in [2.24, 2.45) is 11.8 Å². The van der Waals surface area contributed by atoms with E-state index in [-0.39, 0.29) is 6.10 Å². The topological polar surface area (TPSA) is 49.9 Å². The van der Waals surface area contributed by atoms with Crippen molar-refractivity contribution in [2.45, 2.75) is 40.7 Å². The molecule has 1 rings (SSSR count). The largest absolute Gasteiger partial charge is 0.472 e. The Kier molecular flexibility index (Phi) is 5.48. The molecule has 4 heteroatoms. The molecule has 1 aromatic heterocycles. The molecular formula is C13H25N3O. The van der Waals surface area contributed by atoms with Crippen LogP contribution in [0.1, 0.15) is 33.4 Å². The number of aromatic nitrogens is 2. The third-order valence-corrected chi connectivity index (χ3v) is 2.60. The standard InChI is InChI=1S/C13H25N3O/c1-9(2)7-14-8-12(10(3)4)17-13-6-11(5)15-16-13/h6,9-10,12,14H,7-8H2,1-5H3,(H,15,16). The number of aryl methyl sites for hydroxylation is 1. The van der Waals surface area contributed by atoms with Crippen LogP contribution in [0.15, 0.2) is 6.07 Å². The van der Waals surface area contributed by atoms with Crippen LogP contribution < -0.4 is 10.1 Å². The van der Waals surface area contributed by atoms with Crippen molar-refractivity contribution < 1.29 is 4.74 Å². The van der Waals surface area contributed by atoms with E-state index in [1.165, 1.54) is 0 Å². The van der Waals surface area contributed by atoms with Gasteiger partial charge in [0.05, 0.1) is 0 Å². The molecule has 98 valence electrons. The van der Waals surface area contributed by atoms with Crippen molar-refractivity contribution in [2.75, 3.05) is 13.1 Å². The Balaban J connectivity index is 2.43. The molecule has 0 aromatic carbocycles. The fourth-order valence-electron chi connectivity index (χ4n) is 1.54. The van der Waals surface area contributed by atoms with Crippen LogP contribution in [0.4, 0.5) is 0 Å². The second kappa shape index (κ2) is 6.64. The average Bonchev–Trinajstić information content (AvgIpc) is 2.62. The van der Waals surface area contributed by atoms with Gasteiger partial charge in [-0.25, -0.2) is 0 Å². The van der Waals surface area contributed by atoms with Crippen molar-refractivity contribution in [1.82, 2.24) is 15.5 Å². The maximum Gasteiger partial charge on any atom is 0.233 e. The number of ether oxygens (including phenoxy) is 1. The molecule has 0 radical (unpaired) electrons. The summed E-state index contributed by atoms with van der Waals surface area (Å²) in [4.78, 5) is 0. The first-order valence-corrected chi connectivity index (χ1v) is 6.38. The lowest BCUT2D eigenvalue weighted by molar-refractivity contribution is 0.141. The van der Waals surface area contributed by atoms with Gasteiger partial charge in [-0.15, -0.1) is 5.10 Å². The Morgan fingerprint density at radius 2 is 2.00 bits per heavy atom. The minimum absolute atomic E-state index is 0.163. The lowest BCUT2D eigenvalue weighted by Gasteiger charge is -2.22.